The van der Waals surface area contributed by atoms with Crippen LogP contribution in [0.15, 0.2) is 200 Å². The minimum Gasteiger partial charge on any atom is -0.244 e. The normalized spacial score (nSPS) is 11.7. The van der Waals surface area contributed by atoms with Gasteiger partial charge in [-0.25, -0.2) is 43.1 Å². The lowest BCUT2D eigenvalue weighted by Gasteiger charge is -2.05. The fraction of sp³-hybridized carbons (Fsp3) is 0. The molecule has 0 amide bonds. The molecule has 6 nitrogen and oxygen atoms in total. The first-order valence-corrected chi connectivity index (χ1v) is 22.4. The first-order valence-electron chi connectivity index (χ1n) is 22.4. The molecule has 0 unspecified atom stereocenters. The van der Waals surface area contributed by atoms with Crippen LogP contribution in [0, 0.1) is 17.5 Å². The lowest BCUT2D eigenvalue weighted by atomic mass is 10.1. The van der Waals surface area contributed by atoms with E-state index in [9.17, 15) is 13.2 Å². The Balaban J connectivity index is 1.10. The van der Waals surface area contributed by atoms with Crippen molar-refractivity contribution in [1.29, 1.82) is 0 Å². The molecular formula is C60H33F3N6. The van der Waals surface area contributed by atoms with Crippen LogP contribution in [0.2, 0.25) is 0 Å². The van der Waals surface area contributed by atoms with Crippen LogP contribution in [-0.2, 0) is 0 Å². The van der Waals surface area contributed by atoms with E-state index in [1.54, 1.807) is 18.2 Å². The largest absolute Gasteiger partial charge is 0.244 e. The highest BCUT2D eigenvalue weighted by Crippen LogP contribution is 2.30. The second-order valence-electron chi connectivity index (χ2n) is 17.1. The maximum Gasteiger partial charge on any atom is 0.125 e. The topological polar surface area (TPSA) is 77.3 Å². The van der Waals surface area contributed by atoms with Crippen molar-refractivity contribution < 1.29 is 13.2 Å². The van der Waals surface area contributed by atoms with Gasteiger partial charge in [-0.1, -0.05) is 146 Å². The van der Waals surface area contributed by atoms with Gasteiger partial charge in [-0.05, 0) is 68.7 Å². The summed E-state index contributed by atoms with van der Waals surface area (Å²) in [5, 5.41) is 11.0. The van der Waals surface area contributed by atoms with Gasteiger partial charge in [0, 0.05) is 50.5 Å². The molecule has 324 valence electrons. The summed E-state index contributed by atoms with van der Waals surface area (Å²) in [6.45, 7) is 0. The van der Waals surface area contributed by atoms with E-state index in [-0.39, 0.29) is 17.5 Å². The second-order valence-corrected chi connectivity index (χ2v) is 17.1. The molecule has 0 aliphatic carbocycles. The number of aromatic nitrogens is 6. The van der Waals surface area contributed by atoms with Crippen molar-refractivity contribution in [2.45, 2.75) is 0 Å². The predicted molar refractivity (Wildman–Crippen MR) is 276 cm³/mol. The maximum absolute atomic E-state index is 14.6. The molecule has 19 aromatic carbocycles. The minimum atomic E-state index is -0.387. The molecule has 0 fully saturated rings. The van der Waals surface area contributed by atoms with E-state index in [4.69, 9.17) is 29.9 Å². The molecule has 69 heavy (non-hydrogen) atoms. The van der Waals surface area contributed by atoms with E-state index >= 15 is 0 Å². The molecule has 0 aliphatic heterocycles. The van der Waals surface area contributed by atoms with Crippen molar-refractivity contribution in [3.63, 3.8) is 0 Å². The van der Waals surface area contributed by atoms with Gasteiger partial charge in [0.1, 0.15) is 17.5 Å². The van der Waals surface area contributed by atoms with Gasteiger partial charge in [0.2, 0.25) is 0 Å². The van der Waals surface area contributed by atoms with E-state index < -0.39 is 0 Å². The van der Waals surface area contributed by atoms with E-state index in [0.29, 0.717) is 66.2 Å². The third-order valence-electron chi connectivity index (χ3n) is 12.8. The van der Waals surface area contributed by atoms with E-state index in [2.05, 4.69) is 48.5 Å². The van der Waals surface area contributed by atoms with Crippen LogP contribution in [0.1, 0.15) is 0 Å². The van der Waals surface area contributed by atoms with Crippen LogP contribution < -0.4 is 0 Å². The van der Waals surface area contributed by atoms with Crippen LogP contribution in [-0.4, -0.2) is 29.9 Å². The molecule has 3 heterocycles. The van der Waals surface area contributed by atoms with Crippen molar-refractivity contribution in [3.05, 3.63) is 218 Å². The predicted octanol–water partition coefficient (Wildman–Crippen LogP) is 15.7. The Kier molecular flexibility index (Phi) is 9.30. The van der Waals surface area contributed by atoms with Gasteiger partial charge in [0.05, 0.1) is 66.2 Å². The van der Waals surface area contributed by atoms with Crippen LogP contribution in [0.25, 0.3) is 131 Å². The van der Waals surface area contributed by atoms with Crippen molar-refractivity contribution in [3.8, 4) is 0 Å². The first-order chi connectivity index (χ1) is 33.8. The van der Waals surface area contributed by atoms with Crippen LogP contribution in [0.5, 0.6) is 0 Å². The number of nitrogens with zero attached hydrogens (tertiary/aromatic N) is 6. The molecule has 0 N–H and O–H groups in total. The quantitative estimate of drug-likeness (QED) is 0.151. The third kappa shape index (κ3) is 7.24. The molecule has 3 aromatic heterocycles. The Morgan fingerprint density at radius 3 is 0.522 bits per heavy atom. The number of fused-ring (bicyclic) bond motifs is 3. The molecule has 0 atom stereocenters. The Morgan fingerprint density at radius 1 is 0.174 bits per heavy atom. The highest BCUT2D eigenvalue weighted by atomic mass is 19.1. The maximum atomic E-state index is 14.6. The number of hydrogen-bond acceptors (Lipinski definition) is 6. The Hall–Kier alpha value is -9.21. The first kappa shape index (κ1) is 40.1. The third-order valence-corrected chi connectivity index (χ3v) is 12.8. The molecule has 0 saturated carbocycles. The average Bonchev–Trinajstić information content (AvgIpc) is 3.40. The summed E-state index contributed by atoms with van der Waals surface area (Å²) < 4.78 is 43.7. The van der Waals surface area contributed by atoms with Gasteiger partial charge >= 0.3 is 0 Å². The van der Waals surface area contributed by atoms with E-state index in [1.165, 1.54) is 36.4 Å². The summed E-state index contributed by atoms with van der Waals surface area (Å²) in [6, 6.07) is 62.3. The van der Waals surface area contributed by atoms with Crippen molar-refractivity contribution in [2.75, 3.05) is 0 Å². The van der Waals surface area contributed by atoms with Gasteiger partial charge in [-0.15, -0.1) is 0 Å². The van der Waals surface area contributed by atoms with E-state index in [1.807, 2.05) is 97.1 Å². The second kappa shape index (κ2) is 16.0. The van der Waals surface area contributed by atoms with Crippen molar-refractivity contribution in [1.82, 2.24) is 29.9 Å². The van der Waals surface area contributed by atoms with Gasteiger partial charge in [-0.3, -0.25) is 0 Å². The molecule has 0 radical (unpaired) electrons. The van der Waals surface area contributed by atoms with Gasteiger partial charge in [0.25, 0.3) is 0 Å². The smallest absolute Gasteiger partial charge is 0.125 e. The zero-order valence-electron chi connectivity index (χ0n) is 36.4. The highest BCUT2D eigenvalue weighted by molar-refractivity contribution is 6.08. The molecule has 9 heteroatoms. The van der Waals surface area contributed by atoms with Crippen molar-refractivity contribution >= 4 is 131 Å². The fourth-order valence-corrected chi connectivity index (χ4v) is 9.21. The Labute approximate surface area is 390 Å². The molecule has 0 saturated heterocycles. The zero-order chi connectivity index (χ0) is 46.2. The standard InChI is InChI=1S/C60H33F3N6/c61-46-25-28-49-52(31-46)67-58-43-19-7-37(8-20-43)36-5-17-42(18-6-36)57-60(69-54-33-48(63)27-30-51(54)66-57)45-23-11-39(12-24-45)38-9-21-44(22-10-38)59-56(65-50-29-26-47(62)32-53(50)68-59)41-15-3-35(4-16-41)34-1-13-40(14-2-34)55(58)64-49/h1-33H. The average molecular weight is 895 g/mol. The van der Waals surface area contributed by atoms with Gasteiger partial charge in [-0.2, -0.15) is 0 Å². The monoisotopic (exact) mass is 894 g/mol. The molecule has 22 rings (SSSR count). The van der Waals surface area contributed by atoms with Crippen LogP contribution in [0.3, 0.4) is 0 Å². The van der Waals surface area contributed by atoms with Crippen LogP contribution >= 0.6 is 0 Å². The highest BCUT2D eigenvalue weighted by Gasteiger charge is 2.10. The SMILES string of the molecule is Fc1ccc2nc3c4ccc(cc4)c4ccc(cc4)c4nc5ccc(F)cc5nc4c4ccc(cc4)c4ccc(cc4)c4nc5cc(F)ccc5nc4c4ccc(cc4)c4ccc(cc4)c3nc2c1. The molecule has 0 aliphatic rings. The Bertz CT molecular complexity index is 4500. The fourth-order valence-electron chi connectivity index (χ4n) is 9.21. The molecule has 22 aromatic rings. The van der Waals surface area contributed by atoms with E-state index in [0.717, 1.165) is 64.6 Å². The zero-order valence-corrected chi connectivity index (χ0v) is 36.4. The summed E-state index contributed by atoms with van der Waals surface area (Å²) in [7, 11) is 0. The summed E-state index contributed by atoms with van der Waals surface area (Å²) in [6.07, 6.45) is 0. The summed E-state index contributed by atoms with van der Waals surface area (Å²) >= 11 is 0. The molecular weight excluding hydrogens is 862 g/mol. The molecule has 0 spiro atoms. The molecule has 12 bridgehead atoms. The number of benzene rings is 9. The number of halogens is 3. The van der Waals surface area contributed by atoms with Crippen molar-refractivity contribution in [2.24, 2.45) is 0 Å². The minimum absolute atomic E-state index is 0.384. The summed E-state index contributed by atoms with van der Waals surface area (Å²) in [5.41, 5.74) is 7.03. The Morgan fingerprint density at radius 2 is 0.333 bits per heavy atom. The number of hydrogen-bond donors (Lipinski definition) is 0. The van der Waals surface area contributed by atoms with Crippen LogP contribution in [0.4, 0.5) is 13.2 Å². The van der Waals surface area contributed by atoms with Gasteiger partial charge < -0.3 is 0 Å². The summed E-state index contributed by atoms with van der Waals surface area (Å²) in [5.74, 6) is -1.16. The number of rotatable bonds is 0. The lowest BCUT2D eigenvalue weighted by Crippen LogP contribution is -1.89. The lowest BCUT2D eigenvalue weighted by molar-refractivity contribution is 0.629. The van der Waals surface area contributed by atoms with Gasteiger partial charge in [0.15, 0.2) is 0 Å². The summed E-state index contributed by atoms with van der Waals surface area (Å²) in [4.78, 5) is 30.1.